The Hall–Kier alpha value is -3.11. The molecule has 7 heteroatoms. The molecule has 0 N–H and O–H groups in total. The fourth-order valence-corrected chi connectivity index (χ4v) is 2.85. The average Bonchev–Trinajstić information content (AvgIpc) is 2.62. The van der Waals surface area contributed by atoms with E-state index in [-0.39, 0.29) is 4.90 Å². The monoisotopic (exact) mass is 350 g/mol. The topological polar surface area (TPSA) is 85.7 Å². The molecule has 0 unspecified atom stereocenters. The van der Waals surface area contributed by atoms with E-state index in [2.05, 4.69) is 31.8 Å². The van der Waals surface area contributed by atoms with Crippen molar-refractivity contribution in [2.45, 2.75) is 11.8 Å². The van der Waals surface area contributed by atoms with Crippen LogP contribution in [0, 0.1) is 11.8 Å². The third kappa shape index (κ3) is 3.87. The summed E-state index contributed by atoms with van der Waals surface area (Å²) in [5, 5.41) is 0. The lowest BCUT2D eigenvalue weighted by Gasteiger charge is -2.05. The molecule has 0 aliphatic rings. The van der Waals surface area contributed by atoms with Gasteiger partial charge in [-0.25, -0.2) is 28.4 Å². The highest BCUT2D eigenvalue weighted by atomic mass is 32.2. The molecule has 0 amide bonds. The second kappa shape index (κ2) is 6.79. The van der Waals surface area contributed by atoms with Crippen LogP contribution in [0.25, 0.3) is 22.9 Å². The first kappa shape index (κ1) is 16.7. The lowest BCUT2D eigenvalue weighted by Crippen LogP contribution is -2.00. The zero-order chi connectivity index (χ0) is 17.9. The van der Waals surface area contributed by atoms with Gasteiger partial charge in [0.25, 0.3) is 0 Å². The van der Waals surface area contributed by atoms with Crippen molar-refractivity contribution in [3.8, 4) is 34.7 Å². The number of rotatable bonds is 3. The van der Waals surface area contributed by atoms with Gasteiger partial charge >= 0.3 is 0 Å². The van der Waals surface area contributed by atoms with Crippen LogP contribution in [0.5, 0.6) is 0 Å². The van der Waals surface area contributed by atoms with Crippen LogP contribution in [-0.2, 0) is 9.84 Å². The lowest BCUT2D eigenvalue weighted by molar-refractivity contribution is 0.602. The van der Waals surface area contributed by atoms with Gasteiger partial charge < -0.3 is 0 Å². The summed E-state index contributed by atoms with van der Waals surface area (Å²) < 4.78 is 23.5. The van der Waals surface area contributed by atoms with Crippen molar-refractivity contribution in [3.63, 3.8) is 0 Å². The highest BCUT2D eigenvalue weighted by Gasteiger charge is 2.11. The summed E-state index contributed by atoms with van der Waals surface area (Å²) in [5.41, 5.74) is 1.79. The first-order valence-electron chi connectivity index (χ1n) is 7.37. The van der Waals surface area contributed by atoms with Crippen LogP contribution in [0.4, 0.5) is 0 Å². The number of hydrogen-bond donors (Lipinski definition) is 0. The van der Waals surface area contributed by atoms with Crippen molar-refractivity contribution in [1.82, 2.24) is 19.9 Å². The molecule has 124 valence electrons. The quantitative estimate of drug-likeness (QED) is 0.674. The molecule has 6 nitrogen and oxygen atoms in total. The number of sulfone groups is 1. The van der Waals surface area contributed by atoms with E-state index < -0.39 is 9.84 Å². The fraction of sp³-hybridized carbons (Fsp3) is 0.111. The third-order valence-electron chi connectivity index (χ3n) is 3.32. The number of aromatic nitrogens is 4. The largest absolute Gasteiger partial charge is 0.236 e. The summed E-state index contributed by atoms with van der Waals surface area (Å²) >= 11 is 0. The molecule has 25 heavy (non-hydrogen) atoms. The van der Waals surface area contributed by atoms with E-state index in [0.29, 0.717) is 28.6 Å². The maximum Gasteiger partial charge on any atom is 0.181 e. The predicted octanol–water partition coefficient (Wildman–Crippen LogP) is 2.38. The second-order valence-electron chi connectivity index (χ2n) is 5.22. The minimum atomic E-state index is -3.31. The van der Waals surface area contributed by atoms with E-state index in [4.69, 9.17) is 0 Å². The van der Waals surface area contributed by atoms with Crippen molar-refractivity contribution in [1.29, 1.82) is 0 Å². The van der Waals surface area contributed by atoms with E-state index in [9.17, 15) is 8.42 Å². The maximum absolute atomic E-state index is 11.7. The van der Waals surface area contributed by atoms with Crippen LogP contribution in [0.15, 0.2) is 53.7 Å². The predicted molar refractivity (Wildman–Crippen MR) is 94.2 cm³/mol. The Morgan fingerprint density at radius 3 is 2.48 bits per heavy atom. The maximum atomic E-state index is 11.7. The van der Waals surface area contributed by atoms with Crippen molar-refractivity contribution < 1.29 is 8.42 Å². The van der Waals surface area contributed by atoms with Gasteiger partial charge in [-0.3, -0.25) is 0 Å². The normalized spacial score (nSPS) is 10.8. The fourth-order valence-electron chi connectivity index (χ4n) is 2.18. The molecule has 0 atom stereocenters. The molecule has 0 radical (unpaired) electrons. The summed E-state index contributed by atoms with van der Waals surface area (Å²) in [5.74, 6) is 6.46. The van der Waals surface area contributed by atoms with Gasteiger partial charge in [0.1, 0.15) is 17.7 Å². The van der Waals surface area contributed by atoms with Crippen molar-refractivity contribution in [2.75, 3.05) is 6.26 Å². The standard InChI is InChI=1S/C18H14N4O2S/c1-3-6-14-8-5-10-16(21-14)18-20-12-19-17(22-18)13-7-4-9-15(11-13)25(2,23)24/h4-5,7-12H,1-2H3. The summed E-state index contributed by atoms with van der Waals surface area (Å²) in [7, 11) is -3.31. The van der Waals surface area contributed by atoms with Gasteiger partial charge in [-0.2, -0.15) is 0 Å². The van der Waals surface area contributed by atoms with Crippen LogP contribution in [-0.4, -0.2) is 34.6 Å². The summed E-state index contributed by atoms with van der Waals surface area (Å²) in [4.78, 5) is 17.3. The van der Waals surface area contributed by atoms with Crippen LogP contribution in [0.2, 0.25) is 0 Å². The van der Waals surface area contributed by atoms with Gasteiger partial charge in [-0.05, 0) is 37.1 Å². The van der Waals surface area contributed by atoms with E-state index >= 15 is 0 Å². The van der Waals surface area contributed by atoms with Crippen LogP contribution < -0.4 is 0 Å². The Morgan fingerprint density at radius 2 is 1.72 bits per heavy atom. The number of benzene rings is 1. The highest BCUT2D eigenvalue weighted by molar-refractivity contribution is 7.90. The van der Waals surface area contributed by atoms with Crippen molar-refractivity contribution in [3.05, 3.63) is 54.5 Å². The zero-order valence-electron chi connectivity index (χ0n) is 13.6. The van der Waals surface area contributed by atoms with Crippen molar-refractivity contribution >= 4 is 9.84 Å². The zero-order valence-corrected chi connectivity index (χ0v) is 14.4. The van der Waals surface area contributed by atoms with Gasteiger partial charge in [-0.15, -0.1) is 0 Å². The molecular weight excluding hydrogens is 336 g/mol. The Kier molecular flexibility index (Phi) is 4.55. The Bertz CT molecular complexity index is 1100. The molecule has 1 aromatic carbocycles. The molecule has 0 saturated carbocycles. The molecule has 0 aliphatic heterocycles. The lowest BCUT2D eigenvalue weighted by atomic mass is 10.2. The summed E-state index contributed by atoms with van der Waals surface area (Å²) in [6, 6.07) is 11.9. The average molecular weight is 350 g/mol. The number of hydrogen-bond acceptors (Lipinski definition) is 6. The van der Waals surface area contributed by atoms with Crippen LogP contribution in [0.1, 0.15) is 12.6 Å². The minimum Gasteiger partial charge on any atom is -0.236 e. The molecule has 2 aromatic heterocycles. The molecule has 0 bridgehead atoms. The van der Waals surface area contributed by atoms with Gasteiger partial charge in [0, 0.05) is 11.8 Å². The van der Waals surface area contributed by atoms with Gasteiger partial charge in [-0.1, -0.05) is 24.1 Å². The van der Waals surface area contributed by atoms with Gasteiger partial charge in [0.15, 0.2) is 21.5 Å². The molecule has 0 fully saturated rings. The first-order valence-corrected chi connectivity index (χ1v) is 9.26. The Balaban J connectivity index is 2.05. The number of nitrogens with zero attached hydrogens (tertiary/aromatic N) is 4. The molecule has 2 heterocycles. The van der Waals surface area contributed by atoms with Crippen LogP contribution >= 0.6 is 0 Å². The minimum absolute atomic E-state index is 0.213. The van der Waals surface area contributed by atoms with E-state index in [1.54, 1.807) is 37.3 Å². The van der Waals surface area contributed by atoms with Crippen LogP contribution in [0.3, 0.4) is 0 Å². The summed E-state index contributed by atoms with van der Waals surface area (Å²) in [6.45, 7) is 1.74. The summed E-state index contributed by atoms with van der Waals surface area (Å²) in [6.07, 6.45) is 2.54. The SMILES string of the molecule is CC#Cc1cccc(-c2ncnc(-c3cccc(S(C)(=O)=O)c3)n2)n1. The third-order valence-corrected chi connectivity index (χ3v) is 4.43. The Morgan fingerprint density at radius 1 is 0.960 bits per heavy atom. The molecule has 3 rings (SSSR count). The second-order valence-corrected chi connectivity index (χ2v) is 7.23. The molecule has 0 aliphatic carbocycles. The molecule has 3 aromatic rings. The first-order chi connectivity index (χ1) is 12.0. The van der Waals surface area contributed by atoms with Gasteiger partial charge in [0.05, 0.1) is 4.90 Å². The Labute approximate surface area is 146 Å². The smallest absolute Gasteiger partial charge is 0.181 e. The van der Waals surface area contributed by atoms with E-state index in [0.717, 1.165) is 6.26 Å². The van der Waals surface area contributed by atoms with Gasteiger partial charge in [0.2, 0.25) is 0 Å². The van der Waals surface area contributed by atoms with Crippen molar-refractivity contribution in [2.24, 2.45) is 0 Å². The molecule has 0 spiro atoms. The number of pyridine rings is 1. The van der Waals surface area contributed by atoms with E-state index in [1.165, 1.54) is 12.4 Å². The molecule has 0 saturated heterocycles. The molecular formula is C18H14N4O2S. The van der Waals surface area contributed by atoms with E-state index in [1.807, 2.05) is 6.07 Å². The highest BCUT2D eigenvalue weighted by Crippen LogP contribution is 2.21.